The van der Waals surface area contributed by atoms with Gasteiger partial charge in [0.15, 0.2) is 11.5 Å². The Bertz CT molecular complexity index is 1850. The monoisotopic (exact) mass is 547 g/mol. The van der Waals surface area contributed by atoms with E-state index >= 15 is 0 Å². The van der Waals surface area contributed by atoms with Crippen LogP contribution < -0.4 is 10.6 Å². The van der Waals surface area contributed by atoms with Crippen molar-refractivity contribution in [2.24, 2.45) is 5.92 Å². The van der Waals surface area contributed by atoms with E-state index in [2.05, 4.69) is 52.9 Å². The van der Waals surface area contributed by atoms with Crippen molar-refractivity contribution in [1.29, 1.82) is 0 Å². The van der Waals surface area contributed by atoms with Crippen LogP contribution in [0.3, 0.4) is 0 Å². The third kappa shape index (κ3) is 5.07. The molecule has 0 unspecified atom stereocenters. The number of aromatic amines is 2. The second-order valence-corrected chi connectivity index (χ2v) is 10.7. The summed E-state index contributed by atoms with van der Waals surface area (Å²) >= 11 is 0. The van der Waals surface area contributed by atoms with E-state index in [-0.39, 0.29) is 5.82 Å². The van der Waals surface area contributed by atoms with Gasteiger partial charge in [-0.25, -0.2) is 14.4 Å². The van der Waals surface area contributed by atoms with Gasteiger partial charge in [-0.3, -0.25) is 15.1 Å². The Labute approximate surface area is 236 Å². The van der Waals surface area contributed by atoms with E-state index in [0.717, 1.165) is 52.8 Å². The van der Waals surface area contributed by atoms with Crippen LogP contribution >= 0.6 is 0 Å². The molecule has 0 aliphatic carbocycles. The lowest BCUT2D eigenvalue weighted by Crippen LogP contribution is -2.28. The zero-order valence-electron chi connectivity index (χ0n) is 22.7. The second kappa shape index (κ2) is 10.8. The first-order valence-corrected chi connectivity index (χ1v) is 13.9. The van der Waals surface area contributed by atoms with Gasteiger partial charge in [-0.15, -0.1) is 0 Å². The molecule has 9 nitrogen and oxygen atoms in total. The summed E-state index contributed by atoms with van der Waals surface area (Å²) in [7, 11) is 1.83. The van der Waals surface area contributed by atoms with Crippen molar-refractivity contribution < 1.29 is 4.39 Å². The Hall–Kier alpha value is -4.54. The smallest absolute Gasteiger partial charge is 0.181 e. The average Bonchev–Trinajstić information content (AvgIpc) is 3.61. The molecular weight excluding hydrogens is 517 g/mol. The number of aromatic nitrogens is 7. The Morgan fingerprint density at radius 1 is 0.951 bits per heavy atom. The van der Waals surface area contributed by atoms with E-state index in [1.807, 2.05) is 37.8 Å². The van der Waals surface area contributed by atoms with Crippen LogP contribution in [0.15, 0.2) is 61.2 Å². The fourth-order valence-corrected chi connectivity index (χ4v) is 5.77. The number of hydrogen-bond donors (Lipinski definition) is 4. The summed E-state index contributed by atoms with van der Waals surface area (Å²) in [5, 5.41) is 14.9. The van der Waals surface area contributed by atoms with Crippen molar-refractivity contribution in [1.82, 2.24) is 45.8 Å². The van der Waals surface area contributed by atoms with Gasteiger partial charge in [-0.1, -0.05) is 0 Å². The van der Waals surface area contributed by atoms with Gasteiger partial charge in [0.1, 0.15) is 17.0 Å². The molecule has 41 heavy (non-hydrogen) atoms. The Balaban J connectivity index is 1.25. The van der Waals surface area contributed by atoms with Crippen LogP contribution in [0.25, 0.3) is 56.0 Å². The van der Waals surface area contributed by atoms with Gasteiger partial charge >= 0.3 is 0 Å². The van der Waals surface area contributed by atoms with E-state index in [9.17, 15) is 4.39 Å². The maximum absolute atomic E-state index is 14.4. The molecule has 1 fully saturated rings. The molecule has 0 bridgehead atoms. The fraction of sp³-hybridized carbons (Fsp3) is 0.258. The highest BCUT2D eigenvalue weighted by molar-refractivity contribution is 5.96. The minimum atomic E-state index is -0.310. The molecule has 1 aliphatic heterocycles. The van der Waals surface area contributed by atoms with Crippen molar-refractivity contribution in [3.8, 4) is 33.9 Å². The topological polar surface area (TPSA) is 120 Å². The average molecular weight is 548 g/mol. The molecule has 0 amide bonds. The molecule has 206 valence electrons. The van der Waals surface area contributed by atoms with E-state index in [4.69, 9.17) is 4.98 Å². The highest BCUT2D eigenvalue weighted by atomic mass is 19.1. The number of nitrogens with one attached hydrogen (secondary N) is 4. The molecule has 1 aromatic carbocycles. The van der Waals surface area contributed by atoms with Crippen molar-refractivity contribution in [3.63, 3.8) is 0 Å². The molecule has 1 saturated heterocycles. The van der Waals surface area contributed by atoms with Gasteiger partial charge in [0.05, 0.1) is 16.6 Å². The van der Waals surface area contributed by atoms with E-state index < -0.39 is 0 Å². The summed E-state index contributed by atoms with van der Waals surface area (Å²) in [6.07, 6.45) is 10.8. The quantitative estimate of drug-likeness (QED) is 0.221. The van der Waals surface area contributed by atoms with Crippen LogP contribution in [-0.2, 0) is 13.0 Å². The highest BCUT2D eigenvalue weighted by Gasteiger charge is 2.18. The van der Waals surface area contributed by atoms with E-state index in [0.29, 0.717) is 40.7 Å². The number of benzene rings is 1. The number of piperidine rings is 1. The first kappa shape index (κ1) is 25.4. The largest absolute Gasteiger partial charge is 0.337 e. The first-order chi connectivity index (χ1) is 20.1. The van der Waals surface area contributed by atoms with E-state index in [1.54, 1.807) is 6.20 Å². The summed E-state index contributed by atoms with van der Waals surface area (Å²) in [6, 6.07) is 11.1. The van der Waals surface area contributed by atoms with Crippen LogP contribution in [-0.4, -0.2) is 55.3 Å². The zero-order chi connectivity index (χ0) is 27.8. The maximum atomic E-state index is 14.4. The number of hydrogen-bond acceptors (Lipinski definition) is 7. The van der Waals surface area contributed by atoms with Crippen molar-refractivity contribution in [3.05, 3.63) is 78.1 Å². The predicted molar refractivity (Wildman–Crippen MR) is 157 cm³/mol. The zero-order valence-corrected chi connectivity index (χ0v) is 22.7. The number of nitrogens with zero attached hydrogens (tertiary/aromatic N) is 5. The molecule has 0 atom stereocenters. The molecule has 7 rings (SSSR count). The third-order valence-electron chi connectivity index (χ3n) is 7.77. The lowest BCUT2D eigenvalue weighted by molar-refractivity contribution is 0.372. The fourth-order valence-electron chi connectivity index (χ4n) is 5.77. The molecule has 5 aromatic heterocycles. The summed E-state index contributed by atoms with van der Waals surface area (Å²) in [5.74, 6) is 0.985. The van der Waals surface area contributed by atoms with Gasteiger partial charge in [-0.2, -0.15) is 5.10 Å². The van der Waals surface area contributed by atoms with Crippen molar-refractivity contribution >= 4 is 22.1 Å². The summed E-state index contributed by atoms with van der Waals surface area (Å²) in [6.45, 7) is 2.72. The number of rotatable bonds is 7. The van der Waals surface area contributed by atoms with Crippen LogP contribution in [0.5, 0.6) is 0 Å². The van der Waals surface area contributed by atoms with Gasteiger partial charge in [0.25, 0.3) is 0 Å². The molecule has 0 spiro atoms. The van der Waals surface area contributed by atoms with Gasteiger partial charge < -0.3 is 15.6 Å². The summed E-state index contributed by atoms with van der Waals surface area (Å²) < 4.78 is 14.4. The lowest BCUT2D eigenvalue weighted by Gasteiger charge is -2.22. The van der Waals surface area contributed by atoms with Crippen LogP contribution in [0.2, 0.25) is 0 Å². The minimum absolute atomic E-state index is 0.310. The minimum Gasteiger partial charge on any atom is -0.337 e. The molecule has 0 saturated carbocycles. The molecule has 1 aliphatic rings. The van der Waals surface area contributed by atoms with Gasteiger partial charge in [0.2, 0.25) is 0 Å². The Morgan fingerprint density at radius 2 is 1.80 bits per heavy atom. The maximum Gasteiger partial charge on any atom is 0.181 e. The van der Waals surface area contributed by atoms with Gasteiger partial charge in [-0.05, 0) is 92.8 Å². The normalized spacial score (nSPS) is 14.3. The highest BCUT2D eigenvalue weighted by Crippen LogP contribution is 2.32. The number of halogens is 1. The number of fused-ring (bicyclic) bond motifs is 2. The summed E-state index contributed by atoms with van der Waals surface area (Å²) in [5.41, 5.74) is 8.15. The SMILES string of the molecule is CNCc1cc(F)cc(-c2nccc3[nH]c(-c4[nH]nc5ncc(-c6cncc(CC7CCNCC7)c6)cc45)nc23)c1. The molecule has 10 heteroatoms. The Morgan fingerprint density at radius 3 is 2.68 bits per heavy atom. The van der Waals surface area contributed by atoms with Crippen LogP contribution in [0.4, 0.5) is 4.39 Å². The Kier molecular flexibility index (Phi) is 6.69. The lowest BCUT2D eigenvalue weighted by atomic mass is 9.91. The van der Waals surface area contributed by atoms with Gasteiger partial charge in [0, 0.05) is 48.0 Å². The predicted octanol–water partition coefficient (Wildman–Crippen LogP) is 5.03. The van der Waals surface area contributed by atoms with Crippen molar-refractivity contribution in [2.45, 2.75) is 25.8 Å². The van der Waals surface area contributed by atoms with Crippen LogP contribution in [0.1, 0.15) is 24.0 Å². The molecular formula is C31H30FN9. The first-order valence-electron chi connectivity index (χ1n) is 13.9. The van der Waals surface area contributed by atoms with Crippen LogP contribution in [0, 0.1) is 11.7 Å². The second-order valence-electron chi connectivity index (χ2n) is 10.7. The molecule has 6 aromatic rings. The number of pyridine rings is 3. The summed E-state index contributed by atoms with van der Waals surface area (Å²) in [4.78, 5) is 22.0. The molecule has 4 N–H and O–H groups in total. The standard InChI is InChI=1S/C31H30FN9/c1-33-14-20-9-21(12-24(32)11-20)27-29-26(4-7-36-27)38-31(39-29)28-25-13-23(17-37-30(25)41-40-28)22-10-19(15-35-16-22)8-18-2-5-34-6-3-18/h4,7,9-13,15-18,33-34H,2-3,5-6,8,14H2,1H3,(H,38,39)(H,37,40,41). The van der Waals surface area contributed by atoms with E-state index in [1.165, 1.54) is 30.5 Å². The third-order valence-corrected chi connectivity index (χ3v) is 7.77. The molecule has 0 radical (unpaired) electrons. The van der Waals surface area contributed by atoms with Crippen molar-refractivity contribution in [2.75, 3.05) is 20.1 Å². The number of H-pyrrole nitrogens is 2. The molecule has 6 heterocycles. The number of imidazole rings is 1.